The quantitative estimate of drug-likeness (QED) is 0.393. The fraction of sp³-hybridized carbons (Fsp3) is 0.133. The van der Waals surface area contributed by atoms with Crippen LogP contribution in [-0.2, 0) is 6.61 Å². The molecule has 0 fully saturated rings. The van der Waals surface area contributed by atoms with E-state index in [0.29, 0.717) is 17.2 Å². The lowest BCUT2D eigenvalue weighted by molar-refractivity contribution is 0.305. The van der Waals surface area contributed by atoms with Crippen molar-refractivity contribution in [2.75, 3.05) is 0 Å². The molecule has 0 atom stereocenters. The van der Waals surface area contributed by atoms with Gasteiger partial charge in [0.25, 0.3) is 0 Å². The van der Waals surface area contributed by atoms with Gasteiger partial charge in [0.15, 0.2) is 5.84 Å². The van der Waals surface area contributed by atoms with Gasteiger partial charge in [-0.1, -0.05) is 41.0 Å². The van der Waals surface area contributed by atoms with Crippen molar-refractivity contribution >= 4 is 17.4 Å². The molecule has 0 unspecified atom stereocenters. The van der Waals surface area contributed by atoms with Crippen molar-refractivity contribution in [3.8, 4) is 5.75 Å². The molecule has 104 valence electrons. The van der Waals surface area contributed by atoms with E-state index in [1.54, 1.807) is 18.2 Å². The van der Waals surface area contributed by atoms with Gasteiger partial charge in [-0.2, -0.15) is 0 Å². The van der Waals surface area contributed by atoms with Crippen LogP contribution in [0.25, 0.3) is 0 Å². The number of benzene rings is 2. The van der Waals surface area contributed by atoms with Crippen molar-refractivity contribution < 1.29 is 9.94 Å². The Morgan fingerprint density at radius 2 is 2.05 bits per heavy atom. The number of nitrogens with zero attached hydrogens (tertiary/aromatic N) is 1. The van der Waals surface area contributed by atoms with Gasteiger partial charge in [0.05, 0.1) is 0 Å². The van der Waals surface area contributed by atoms with Crippen LogP contribution in [0.5, 0.6) is 5.75 Å². The Balaban J connectivity index is 2.17. The second-order valence-electron chi connectivity index (χ2n) is 4.34. The van der Waals surface area contributed by atoms with Crippen LogP contribution in [-0.4, -0.2) is 11.0 Å². The SMILES string of the molecule is Cc1cc(OCc2ccccc2/C(N)=N/O)ccc1Cl. The Morgan fingerprint density at radius 1 is 1.30 bits per heavy atom. The van der Waals surface area contributed by atoms with Crippen LogP contribution in [0.2, 0.25) is 5.02 Å². The highest BCUT2D eigenvalue weighted by Crippen LogP contribution is 2.22. The molecule has 20 heavy (non-hydrogen) atoms. The van der Waals surface area contributed by atoms with Crippen molar-refractivity contribution in [3.63, 3.8) is 0 Å². The number of nitrogens with two attached hydrogens (primary N) is 1. The second-order valence-corrected chi connectivity index (χ2v) is 4.75. The number of oxime groups is 1. The number of aryl methyl sites for hydroxylation is 1. The van der Waals surface area contributed by atoms with Gasteiger partial charge < -0.3 is 15.7 Å². The summed E-state index contributed by atoms with van der Waals surface area (Å²) in [5.41, 5.74) is 8.08. The molecule has 0 aliphatic heterocycles. The number of amidine groups is 1. The summed E-state index contributed by atoms with van der Waals surface area (Å²) in [5, 5.41) is 12.5. The third kappa shape index (κ3) is 3.22. The van der Waals surface area contributed by atoms with Crippen molar-refractivity contribution in [1.82, 2.24) is 0 Å². The molecule has 0 spiro atoms. The minimum Gasteiger partial charge on any atom is -0.489 e. The zero-order valence-corrected chi connectivity index (χ0v) is 11.8. The normalized spacial score (nSPS) is 11.4. The van der Waals surface area contributed by atoms with Crippen LogP contribution < -0.4 is 10.5 Å². The van der Waals surface area contributed by atoms with Gasteiger partial charge in [0.2, 0.25) is 0 Å². The molecule has 4 nitrogen and oxygen atoms in total. The van der Waals surface area contributed by atoms with E-state index >= 15 is 0 Å². The van der Waals surface area contributed by atoms with Crippen LogP contribution in [0, 0.1) is 6.92 Å². The third-order valence-electron chi connectivity index (χ3n) is 2.92. The standard InChI is InChI=1S/C15H15ClN2O2/c1-10-8-12(6-7-14(10)16)20-9-11-4-2-3-5-13(11)15(17)18-19/h2-8,19H,9H2,1H3,(H2,17,18). The maximum absolute atomic E-state index is 8.77. The highest BCUT2D eigenvalue weighted by molar-refractivity contribution is 6.31. The molecular formula is C15H15ClN2O2. The zero-order valence-electron chi connectivity index (χ0n) is 11.0. The Labute approximate surface area is 122 Å². The maximum atomic E-state index is 8.77. The molecule has 0 saturated heterocycles. The lowest BCUT2D eigenvalue weighted by atomic mass is 10.1. The van der Waals surface area contributed by atoms with Crippen molar-refractivity contribution in [2.24, 2.45) is 10.9 Å². The summed E-state index contributed by atoms with van der Waals surface area (Å²) >= 11 is 5.97. The molecule has 0 aliphatic carbocycles. The summed E-state index contributed by atoms with van der Waals surface area (Å²) in [6.07, 6.45) is 0. The second kappa shape index (κ2) is 6.30. The van der Waals surface area contributed by atoms with Crippen LogP contribution >= 0.6 is 11.6 Å². The largest absolute Gasteiger partial charge is 0.489 e. The molecule has 0 radical (unpaired) electrons. The first-order valence-corrected chi connectivity index (χ1v) is 6.44. The molecule has 2 rings (SSSR count). The fourth-order valence-corrected chi connectivity index (χ4v) is 1.94. The predicted molar refractivity (Wildman–Crippen MR) is 79.5 cm³/mol. The summed E-state index contributed by atoms with van der Waals surface area (Å²) in [7, 11) is 0. The lowest BCUT2D eigenvalue weighted by Crippen LogP contribution is -2.16. The van der Waals surface area contributed by atoms with Crippen molar-refractivity contribution in [3.05, 3.63) is 64.2 Å². The maximum Gasteiger partial charge on any atom is 0.170 e. The van der Waals surface area contributed by atoms with Gasteiger partial charge in [0.1, 0.15) is 12.4 Å². The highest BCUT2D eigenvalue weighted by Gasteiger charge is 2.07. The fourth-order valence-electron chi connectivity index (χ4n) is 1.82. The Hall–Kier alpha value is -2.20. The van der Waals surface area contributed by atoms with E-state index in [1.807, 2.05) is 31.2 Å². The molecule has 2 aromatic carbocycles. The molecule has 0 saturated carbocycles. The number of hydrogen-bond acceptors (Lipinski definition) is 3. The lowest BCUT2D eigenvalue weighted by Gasteiger charge is -2.11. The molecule has 0 aliphatic rings. The zero-order chi connectivity index (χ0) is 14.5. The summed E-state index contributed by atoms with van der Waals surface area (Å²) in [6.45, 7) is 2.24. The molecule has 0 aromatic heterocycles. The smallest absolute Gasteiger partial charge is 0.170 e. The van der Waals surface area contributed by atoms with E-state index in [4.69, 9.17) is 27.3 Å². The summed E-state index contributed by atoms with van der Waals surface area (Å²) in [6, 6.07) is 12.8. The minimum atomic E-state index is 0.0662. The average Bonchev–Trinajstić information content (AvgIpc) is 2.48. The van der Waals surface area contributed by atoms with Crippen molar-refractivity contribution in [2.45, 2.75) is 13.5 Å². The Morgan fingerprint density at radius 3 is 2.75 bits per heavy atom. The van der Waals surface area contributed by atoms with Gasteiger partial charge >= 0.3 is 0 Å². The number of halogens is 1. The average molecular weight is 291 g/mol. The predicted octanol–water partition coefficient (Wildman–Crippen LogP) is 3.32. The summed E-state index contributed by atoms with van der Waals surface area (Å²) in [4.78, 5) is 0. The summed E-state index contributed by atoms with van der Waals surface area (Å²) < 4.78 is 5.71. The van der Waals surface area contributed by atoms with Crippen molar-refractivity contribution in [1.29, 1.82) is 0 Å². The van der Waals surface area contributed by atoms with E-state index in [2.05, 4.69) is 5.16 Å². The highest BCUT2D eigenvalue weighted by atomic mass is 35.5. The first kappa shape index (κ1) is 14.2. The van der Waals surface area contributed by atoms with E-state index in [-0.39, 0.29) is 5.84 Å². The molecule has 3 N–H and O–H groups in total. The van der Waals surface area contributed by atoms with Crippen LogP contribution in [0.15, 0.2) is 47.6 Å². The first-order chi connectivity index (χ1) is 9.61. The number of ether oxygens (including phenoxy) is 1. The van der Waals surface area contributed by atoms with E-state index < -0.39 is 0 Å². The van der Waals surface area contributed by atoms with Crippen LogP contribution in [0.3, 0.4) is 0 Å². The van der Waals surface area contributed by atoms with Crippen LogP contribution in [0.4, 0.5) is 0 Å². The molecule has 2 aromatic rings. The third-order valence-corrected chi connectivity index (χ3v) is 3.35. The van der Waals surface area contributed by atoms with E-state index in [9.17, 15) is 0 Å². The first-order valence-electron chi connectivity index (χ1n) is 6.06. The van der Waals surface area contributed by atoms with Gasteiger partial charge in [-0.25, -0.2) is 0 Å². The molecule has 0 heterocycles. The van der Waals surface area contributed by atoms with E-state index in [0.717, 1.165) is 16.9 Å². The molecule has 0 bridgehead atoms. The molecular weight excluding hydrogens is 276 g/mol. The van der Waals surface area contributed by atoms with E-state index in [1.165, 1.54) is 0 Å². The Bertz CT molecular complexity index is 642. The van der Waals surface area contributed by atoms with Gasteiger partial charge in [0, 0.05) is 16.1 Å². The molecule has 5 heteroatoms. The Kier molecular flexibility index (Phi) is 4.48. The van der Waals surface area contributed by atoms with Crippen LogP contribution in [0.1, 0.15) is 16.7 Å². The monoisotopic (exact) mass is 290 g/mol. The van der Waals surface area contributed by atoms with Gasteiger partial charge in [-0.05, 0) is 30.7 Å². The number of hydrogen-bond donors (Lipinski definition) is 2. The molecule has 0 amide bonds. The topological polar surface area (TPSA) is 67.8 Å². The van der Waals surface area contributed by atoms with Gasteiger partial charge in [-0.3, -0.25) is 0 Å². The van der Waals surface area contributed by atoms with Gasteiger partial charge in [-0.15, -0.1) is 0 Å². The number of rotatable bonds is 4. The minimum absolute atomic E-state index is 0.0662. The summed E-state index contributed by atoms with van der Waals surface area (Å²) in [5.74, 6) is 0.790.